The van der Waals surface area contributed by atoms with Crippen LogP contribution in [0.25, 0.3) is 0 Å². The number of nitrogens with two attached hydrogens (primary N) is 1. The van der Waals surface area contributed by atoms with Crippen LogP contribution in [0.1, 0.15) is 45.7 Å². The molecule has 3 N–H and O–H groups in total. The summed E-state index contributed by atoms with van der Waals surface area (Å²) < 4.78 is 0. The summed E-state index contributed by atoms with van der Waals surface area (Å²) >= 11 is 0. The van der Waals surface area contributed by atoms with Gasteiger partial charge in [0.15, 0.2) is 0 Å². The Morgan fingerprint density at radius 1 is 1.44 bits per heavy atom. The highest BCUT2D eigenvalue weighted by molar-refractivity contribution is 5.38. The van der Waals surface area contributed by atoms with Crippen molar-refractivity contribution >= 4 is 5.82 Å². The molecule has 0 bridgehead atoms. The third-order valence-electron chi connectivity index (χ3n) is 2.94. The normalized spacial score (nSPS) is 14.9. The summed E-state index contributed by atoms with van der Waals surface area (Å²) in [5, 5.41) is 3.37. The Kier molecular flexibility index (Phi) is 4.24. The highest BCUT2D eigenvalue weighted by atomic mass is 15.1. The van der Waals surface area contributed by atoms with Crippen LogP contribution in [0.5, 0.6) is 0 Å². The highest BCUT2D eigenvalue weighted by Crippen LogP contribution is 2.18. The minimum Gasteiger partial charge on any atom is -0.364 e. The minimum absolute atomic E-state index is 0.0946. The van der Waals surface area contributed by atoms with Crippen molar-refractivity contribution in [3.63, 3.8) is 0 Å². The van der Waals surface area contributed by atoms with E-state index >= 15 is 0 Å². The van der Waals surface area contributed by atoms with E-state index in [2.05, 4.69) is 43.0 Å². The first-order valence-corrected chi connectivity index (χ1v) is 5.81. The van der Waals surface area contributed by atoms with E-state index in [0.717, 1.165) is 17.9 Å². The van der Waals surface area contributed by atoms with Crippen molar-refractivity contribution in [3.05, 3.63) is 18.1 Å². The molecule has 0 amide bonds. The molecule has 0 saturated heterocycles. The molecule has 0 aromatic carbocycles. The van der Waals surface area contributed by atoms with Gasteiger partial charge in [-0.25, -0.2) is 9.97 Å². The number of rotatable bonds is 5. The fourth-order valence-electron chi connectivity index (χ4n) is 1.35. The first kappa shape index (κ1) is 12.9. The van der Waals surface area contributed by atoms with Gasteiger partial charge < -0.3 is 11.1 Å². The van der Waals surface area contributed by atoms with E-state index in [-0.39, 0.29) is 5.54 Å². The first-order chi connectivity index (χ1) is 7.50. The van der Waals surface area contributed by atoms with Crippen LogP contribution in [0.2, 0.25) is 0 Å². The first-order valence-electron chi connectivity index (χ1n) is 5.81. The molecule has 1 aromatic heterocycles. The van der Waals surface area contributed by atoms with Crippen molar-refractivity contribution in [1.82, 2.24) is 9.97 Å². The standard InChI is InChI=1S/C12H22N4/c1-5-12(4,7-13)16-11-6-10(9(2)3)14-8-15-11/h6,8-9H,5,7,13H2,1-4H3,(H,14,15,16). The van der Waals surface area contributed by atoms with Crippen LogP contribution in [0, 0.1) is 0 Å². The molecule has 1 atom stereocenters. The molecule has 0 radical (unpaired) electrons. The maximum absolute atomic E-state index is 5.76. The van der Waals surface area contributed by atoms with E-state index in [1.54, 1.807) is 6.33 Å². The molecule has 0 fully saturated rings. The molecule has 0 aliphatic heterocycles. The third-order valence-corrected chi connectivity index (χ3v) is 2.94. The smallest absolute Gasteiger partial charge is 0.130 e. The molecule has 0 aliphatic carbocycles. The predicted molar refractivity (Wildman–Crippen MR) is 67.5 cm³/mol. The van der Waals surface area contributed by atoms with Crippen molar-refractivity contribution in [2.24, 2.45) is 5.73 Å². The van der Waals surface area contributed by atoms with Crippen molar-refractivity contribution in [2.75, 3.05) is 11.9 Å². The van der Waals surface area contributed by atoms with E-state index in [0.29, 0.717) is 12.5 Å². The van der Waals surface area contributed by atoms with E-state index in [1.165, 1.54) is 0 Å². The topological polar surface area (TPSA) is 63.8 Å². The monoisotopic (exact) mass is 222 g/mol. The van der Waals surface area contributed by atoms with Gasteiger partial charge in [-0.05, 0) is 19.3 Å². The van der Waals surface area contributed by atoms with Crippen molar-refractivity contribution in [2.45, 2.75) is 45.6 Å². The molecular formula is C12H22N4. The van der Waals surface area contributed by atoms with Gasteiger partial charge >= 0.3 is 0 Å². The van der Waals surface area contributed by atoms with Gasteiger partial charge in [0, 0.05) is 23.8 Å². The fraction of sp³-hybridized carbons (Fsp3) is 0.667. The lowest BCUT2D eigenvalue weighted by Gasteiger charge is -2.28. The van der Waals surface area contributed by atoms with Gasteiger partial charge in [-0.1, -0.05) is 20.8 Å². The van der Waals surface area contributed by atoms with Gasteiger partial charge in [-0.15, -0.1) is 0 Å². The number of nitrogens with one attached hydrogen (secondary N) is 1. The van der Waals surface area contributed by atoms with Crippen LogP contribution in [0.4, 0.5) is 5.82 Å². The summed E-state index contributed by atoms with van der Waals surface area (Å²) in [4.78, 5) is 8.46. The minimum atomic E-state index is -0.0946. The Morgan fingerprint density at radius 2 is 2.12 bits per heavy atom. The molecule has 0 saturated carbocycles. The van der Waals surface area contributed by atoms with Crippen LogP contribution in [-0.4, -0.2) is 22.1 Å². The van der Waals surface area contributed by atoms with Crippen LogP contribution < -0.4 is 11.1 Å². The van der Waals surface area contributed by atoms with E-state index in [9.17, 15) is 0 Å². The summed E-state index contributed by atoms with van der Waals surface area (Å²) in [6, 6.07) is 1.99. The Morgan fingerprint density at radius 3 is 2.62 bits per heavy atom. The molecule has 1 aromatic rings. The largest absolute Gasteiger partial charge is 0.364 e. The second kappa shape index (κ2) is 5.25. The Labute approximate surface area is 97.7 Å². The molecule has 16 heavy (non-hydrogen) atoms. The third kappa shape index (κ3) is 3.17. The maximum Gasteiger partial charge on any atom is 0.130 e. The SMILES string of the molecule is CCC(C)(CN)Nc1cc(C(C)C)ncn1. The molecule has 4 heteroatoms. The zero-order valence-corrected chi connectivity index (χ0v) is 10.6. The number of anilines is 1. The molecule has 4 nitrogen and oxygen atoms in total. The molecule has 0 aliphatic rings. The second-order valence-electron chi connectivity index (χ2n) is 4.73. The number of nitrogens with zero attached hydrogens (tertiary/aromatic N) is 2. The van der Waals surface area contributed by atoms with Gasteiger partial charge in [-0.3, -0.25) is 0 Å². The average Bonchev–Trinajstić information content (AvgIpc) is 2.29. The highest BCUT2D eigenvalue weighted by Gasteiger charge is 2.20. The lowest BCUT2D eigenvalue weighted by Crippen LogP contribution is -2.42. The summed E-state index contributed by atoms with van der Waals surface area (Å²) in [5.74, 6) is 1.27. The summed E-state index contributed by atoms with van der Waals surface area (Å²) in [6.45, 7) is 9.04. The van der Waals surface area contributed by atoms with Crippen LogP contribution >= 0.6 is 0 Å². The van der Waals surface area contributed by atoms with Crippen molar-refractivity contribution in [1.29, 1.82) is 0 Å². The Bertz CT molecular complexity index is 332. The Hall–Kier alpha value is -1.16. The lowest BCUT2D eigenvalue weighted by molar-refractivity contribution is 0.504. The predicted octanol–water partition coefficient (Wildman–Crippen LogP) is 2.14. The van der Waals surface area contributed by atoms with Crippen molar-refractivity contribution < 1.29 is 0 Å². The van der Waals surface area contributed by atoms with Crippen LogP contribution in [0.15, 0.2) is 12.4 Å². The quantitative estimate of drug-likeness (QED) is 0.801. The summed E-state index contributed by atoms with van der Waals surface area (Å²) in [7, 11) is 0. The van der Waals surface area contributed by atoms with E-state index in [4.69, 9.17) is 5.73 Å². The van der Waals surface area contributed by atoms with Gasteiger partial charge in [-0.2, -0.15) is 0 Å². The average molecular weight is 222 g/mol. The number of hydrogen-bond acceptors (Lipinski definition) is 4. The number of hydrogen-bond donors (Lipinski definition) is 2. The summed E-state index contributed by atoms with van der Waals surface area (Å²) in [6.07, 6.45) is 2.56. The van der Waals surface area contributed by atoms with Gasteiger partial charge in [0.2, 0.25) is 0 Å². The van der Waals surface area contributed by atoms with E-state index in [1.807, 2.05) is 6.07 Å². The molecule has 1 rings (SSSR count). The van der Waals surface area contributed by atoms with Gasteiger partial charge in [0.25, 0.3) is 0 Å². The fourth-order valence-corrected chi connectivity index (χ4v) is 1.35. The maximum atomic E-state index is 5.76. The zero-order valence-electron chi connectivity index (χ0n) is 10.6. The lowest BCUT2D eigenvalue weighted by atomic mass is 9.99. The molecule has 90 valence electrons. The van der Waals surface area contributed by atoms with E-state index < -0.39 is 0 Å². The van der Waals surface area contributed by atoms with Crippen LogP contribution in [-0.2, 0) is 0 Å². The molecule has 1 heterocycles. The summed E-state index contributed by atoms with van der Waals surface area (Å²) in [5.41, 5.74) is 6.71. The second-order valence-corrected chi connectivity index (χ2v) is 4.73. The zero-order chi connectivity index (χ0) is 12.2. The molecular weight excluding hydrogens is 200 g/mol. The van der Waals surface area contributed by atoms with Gasteiger partial charge in [0.1, 0.15) is 12.1 Å². The van der Waals surface area contributed by atoms with Gasteiger partial charge in [0.05, 0.1) is 0 Å². The van der Waals surface area contributed by atoms with Crippen LogP contribution in [0.3, 0.4) is 0 Å². The molecule has 1 unspecified atom stereocenters. The van der Waals surface area contributed by atoms with Crippen molar-refractivity contribution in [3.8, 4) is 0 Å². The number of aromatic nitrogens is 2. The Balaban J connectivity index is 2.85. The molecule has 0 spiro atoms.